The minimum atomic E-state index is 0.548. The summed E-state index contributed by atoms with van der Waals surface area (Å²) in [5.74, 6) is 1.25. The molecule has 1 aromatic rings. The predicted octanol–water partition coefficient (Wildman–Crippen LogP) is 3.53. The van der Waals surface area contributed by atoms with Crippen molar-refractivity contribution >= 4 is 11.6 Å². The monoisotopic (exact) mass is 296 g/mol. The zero-order chi connectivity index (χ0) is 14.8. The molecule has 0 aliphatic heterocycles. The summed E-state index contributed by atoms with van der Waals surface area (Å²) in [5, 5.41) is 12.3. The van der Waals surface area contributed by atoms with Crippen LogP contribution >= 0.6 is 11.6 Å². The van der Waals surface area contributed by atoms with Crippen molar-refractivity contribution in [3.05, 3.63) is 22.7 Å². The molecule has 0 saturated heterocycles. The maximum atomic E-state index is 8.45. The summed E-state index contributed by atoms with van der Waals surface area (Å²) in [6, 6.07) is 5.96. The lowest BCUT2D eigenvalue weighted by Gasteiger charge is -2.13. The first-order valence-electron chi connectivity index (χ1n) is 6.79. The maximum Gasteiger partial charge on any atom is 0.179 e. The number of hydrogen-bond donors (Lipinski definition) is 1. The average molecular weight is 297 g/mol. The highest BCUT2D eigenvalue weighted by molar-refractivity contribution is 6.32. The zero-order valence-corrected chi connectivity index (χ0v) is 12.8. The first-order valence-corrected chi connectivity index (χ1v) is 7.17. The van der Waals surface area contributed by atoms with Crippen LogP contribution in [0.1, 0.15) is 31.7 Å². The molecule has 0 saturated carbocycles. The fourth-order valence-corrected chi connectivity index (χ4v) is 2.13. The Bertz CT molecular complexity index is 458. The SMILES string of the molecule is CCOc1c(Cl)cc(CNCCCCC#N)cc1OC. The van der Waals surface area contributed by atoms with Crippen LogP contribution in [0.3, 0.4) is 0 Å². The molecular weight excluding hydrogens is 276 g/mol. The molecule has 0 atom stereocenters. The number of hydrogen-bond acceptors (Lipinski definition) is 4. The fourth-order valence-electron chi connectivity index (χ4n) is 1.85. The van der Waals surface area contributed by atoms with Gasteiger partial charge >= 0.3 is 0 Å². The van der Waals surface area contributed by atoms with E-state index in [0.717, 1.165) is 31.5 Å². The van der Waals surface area contributed by atoms with Gasteiger partial charge in [0.05, 0.1) is 24.8 Å². The van der Waals surface area contributed by atoms with Gasteiger partial charge in [-0.3, -0.25) is 0 Å². The quantitative estimate of drug-likeness (QED) is 0.708. The first kappa shape index (κ1) is 16.6. The summed E-state index contributed by atoms with van der Waals surface area (Å²) >= 11 is 6.20. The van der Waals surface area contributed by atoms with Gasteiger partial charge in [-0.25, -0.2) is 0 Å². The summed E-state index contributed by atoms with van der Waals surface area (Å²) in [6.07, 6.45) is 2.54. The van der Waals surface area contributed by atoms with E-state index in [1.165, 1.54) is 0 Å². The Morgan fingerprint density at radius 2 is 2.15 bits per heavy atom. The summed E-state index contributed by atoms with van der Waals surface area (Å²) in [4.78, 5) is 0. The van der Waals surface area contributed by atoms with Crippen molar-refractivity contribution in [3.8, 4) is 17.6 Å². The highest BCUT2D eigenvalue weighted by Gasteiger charge is 2.11. The molecule has 4 nitrogen and oxygen atoms in total. The molecule has 0 heterocycles. The molecule has 0 spiro atoms. The number of rotatable bonds is 9. The van der Waals surface area contributed by atoms with Gasteiger partial charge in [-0.2, -0.15) is 5.26 Å². The van der Waals surface area contributed by atoms with Gasteiger partial charge in [0.15, 0.2) is 11.5 Å². The molecule has 0 aliphatic carbocycles. The van der Waals surface area contributed by atoms with Crippen molar-refractivity contribution in [2.45, 2.75) is 32.7 Å². The lowest BCUT2D eigenvalue weighted by molar-refractivity contribution is 0.311. The molecule has 0 radical (unpaired) electrons. The Morgan fingerprint density at radius 1 is 1.35 bits per heavy atom. The van der Waals surface area contributed by atoms with Crippen LogP contribution < -0.4 is 14.8 Å². The zero-order valence-electron chi connectivity index (χ0n) is 12.0. The summed E-state index contributed by atoms with van der Waals surface area (Å²) in [6.45, 7) is 4.06. The summed E-state index contributed by atoms with van der Waals surface area (Å²) < 4.78 is 10.8. The van der Waals surface area contributed by atoms with Gasteiger partial charge in [-0.1, -0.05) is 11.6 Å². The van der Waals surface area contributed by atoms with E-state index in [2.05, 4.69) is 11.4 Å². The molecule has 0 fully saturated rings. The summed E-state index contributed by atoms with van der Waals surface area (Å²) in [7, 11) is 1.60. The Hall–Kier alpha value is -1.44. The molecule has 0 unspecified atom stereocenters. The smallest absolute Gasteiger partial charge is 0.179 e. The van der Waals surface area contributed by atoms with Crippen molar-refractivity contribution in [1.82, 2.24) is 5.32 Å². The van der Waals surface area contributed by atoms with Crippen LogP contribution in [-0.2, 0) is 6.54 Å². The standard InChI is InChI=1S/C15H21ClN2O2/c1-3-20-15-13(16)9-12(10-14(15)19-2)11-18-8-6-4-5-7-17/h9-10,18H,3-6,8,11H2,1-2H3. The van der Waals surface area contributed by atoms with Crippen LogP contribution in [0, 0.1) is 11.3 Å². The van der Waals surface area contributed by atoms with E-state index in [1.807, 2.05) is 19.1 Å². The van der Waals surface area contributed by atoms with Crippen molar-refractivity contribution in [1.29, 1.82) is 5.26 Å². The number of unbranched alkanes of at least 4 members (excludes halogenated alkanes) is 2. The average Bonchev–Trinajstić information content (AvgIpc) is 2.45. The van der Waals surface area contributed by atoms with Gasteiger partial charge in [-0.15, -0.1) is 0 Å². The highest BCUT2D eigenvalue weighted by Crippen LogP contribution is 2.36. The third-order valence-corrected chi connectivity index (χ3v) is 3.08. The van der Waals surface area contributed by atoms with Crippen LogP contribution in [0.25, 0.3) is 0 Å². The number of methoxy groups -OCH3 is 1. The third kappa shape index (κ3) is 5.28. The van der Waals surface area contributed by atoms with Gasteiger partial charge in [0, 0.05) is 13.0 Å². The van der Waals surface area contributed by atoms with Crippen LogP contribution in [-0.4, -0.2) is 20.3 Å². The van der Waals surface area contributed by atoms with E-state index in [0.29, 0.717) is 29.5 Å². The molecular formula is C15H21ClN2O2. The summed E-state index contributed by atoms with van der Waals surface area (Å²) in [5.41, 5.74) is 1.05. The van der Waals surface area contributed by atoms with Gasteiger partial charge in [0.1, 0.15) is 0 Å². The van der Waals surface area contributed by atoms with Crippen molar-refractivity contribution in [3.63, 3.8) is 0 Å². The Balaban J connectivity index is 2.54. The number of nitriles is 1. The Morgan fingerprint density at radius 3 is 2.80 bits per heavy atom. The molecule has 1 aromatic carbocycles. The van der Waals surface area contributed by atoms with Crippen LogP contribution in [0.15, 0.2) is 12.1 Å². The van der Waals surface area contributed by atoms with E-state index in [9.17, 15) is 0 Å². The maximum absolute atomic E-state index is 8.45. The fraction of sp³-hybridized carbons (Fsp3) is 0.533. The van der Waals surface area contributed by atoms with Gasteiger partial charge in [-0.05, 0) is 44.0 Å². The second-order valence-electron chi connectivity index (χ2n) is 4.33. The minimum absolute atomic E-state index is 0.548. The largest absolute Gasteiger partial charge is 0.493 e. The van der Waals surface area contributed by atoms with Crippen LogP contribution in [0.5, 0.6) is 11.5 Å². The molecule has 20 heavy (non-hydrogen) atoms. The molecule has 0 aliphatic rings. The number of nitrogens with one attached hydrogen (secondary N) is 1. The number of benzene rings is 1. The predicted molar refractivity (Wildman–Crippen MR) is 80.3 cm³/mol. The van der Waals surface area contributed by atoms with E-state index in [4.69, 9.17) is 26.3 Å². The van der Waals surface area contributed by atoms with E-state index in [-0.39, 0.29) is 0 Å². The molecule has 1 rings (SSSR count). The van der Waals surface area contributed by atoms with Crippen molar-refractivity contribution in [2.75, 3.05) is 20.3 Å². The molecule has 110 valence electrons. The molecule has 5 heteroatoms. The normalized spacial score (nSPS) is 10.1. The molecule has 1 N–H and O–H groups in total. The number of halogens is 1. The molecule has 0 amide bonds. The topological polar surface area (TPSA) is 54.3 Å². The van der Waals surface area contributed by atoms with Gasteiger partial charge in [0.2, 0.25) is 0 Å². The Kier molecular flexibility index (Phi) is 7.86. The highest BCUT2D eigenvalue weighted by atomic mass is 35.5. The minimum Gasteiger partial charge on any atom is -0.493 e. The van der Waals surface area contributed by atoms with Crippen molar-refractivity contribution < 1.29 is 9.47 Å². The second kappa shape index (κ2) is 9.46. The number of nitrogens with zero attached hydrogens (tertiary/aromatic N) is 1. The lowest BCUT2D eigenvalue weighted by atomic mass is 10.2. The lowest BCUT2D eigenvalue weighted by Crippen LogP contribution is -2.14. The third-order valence-electron chi connectivity index (χ3n) is 2.80. The van der Waals surface area contributed by atoms with E-state index in [1.54, 1.807) is 7.11 Å². The van der Waals surface area contributed by atoms with Crippen molar-refractivity contribution in [2.24, 2.45) is 0 Å². The van der Waals surface area contributed by atoms with E-state index < -0.39 is 0 Å². The Labute approximate surface area is 125 Å². The molecule has 0 bridgehead atoms. The van der Waals surface area contributed by atoms with Crippen LogP contribution in [0.4, 0.5) is 0 Å². The number of ether oxygens (including phenoxy) is 2. The van der Waals surface area contributed by atoms with Crippen LogP contribution in [0.2, 0.25) is 5.02 Å². The van der Waals surface area contributed by atoms with E-state index >= 15 is 0 Å². The van der Waals surface area contributed by atoms with Gasteiger partial charge in [0.25, 0.3) is 0 Å². The first-order chi connectivity index (χ1) is 9.72. The second-order valence-corrected chi connectivity index (χ2v) is 4.74. The molecule has 0 aromatic heterocycles. The van der Waals surface area contributed by atoms with Gasteiger partial charge < -0.3 is 14.8 Å².